The van der Waals surface area contributed by atoms with E-state index in [0.29, 0.717) is 28.1 Å². The van der Waals surface area contributed by atoms with Crippen LogP contribution in [0.5, 0.6) is 5.75 Å². The third kappa shape index (κ3) is 4.35. The maximum atomic E-state index is 12.8. The Balaban J connectivity index is 2.49. The lowest BCUT2D eigenvalue weighted by atomic mass is 10.1. The molecule has 0 spiro atoms. The molecule has 1 aromatic rings. The van der Waals surface area contributed by atoms with Crippen LogP contribution >= 0.6 is 0 Å². The zero-order chi connectivity index (χ0) is 22.1. The van der Waals surface area contributed by atoms with E-state index in [1.165, 1.54) is 6.07 Å². The predicted octanol–water partition coefficient (Wildman–Crippen LogP) is 4.86. The highest BCUT2D eigenvalue weighted by Gasteiger charge is 2.47. The van der Waals surface area contributed by atoms with E-state index >= 15 is 0 Å². The average molecular weight is 441 g/mol. The van der Waals surface area contributed by atoms with E-state index < -0.39 is 30.2 Å². The Morgan fingerprint density at radius 2 is 1.69 bits per heavy atom. The van der Waals surface area contributed by atoms with E-state index in [4.69, 9.17) is 4.43 Å². The van der Waals surface area contributed by atoms with Crippen molar-refractivity contribution >= 4 is 35.8 Å². The normalized spacial score (nSPS) is 17.0. The number of benzene rings is 1. The molecule has 1 aromatic carbocycles. The number of rotatable bonds is 8. The summed E-state index contributed by atoms with van der Waals surface area (Å²) >= 11 is 0. The molecule has 0 radical (unpaired) electrons. The summed E-state index contributed by atoms with van der Waals surface area (Å²) in [5.41, 5.74) is 1.37. The first-order chi connectivity index (χ1) is 13.4. The molecule has 1 unspecified atom stereocenters. The number of sulfonamides is 1. The highest BCUT2D eigenvalue weighted by molar-refractivity contribution is 7.90. The number of fused-ring (bicyclic) bond motifs is 1. The maximum absolute atomic E-state index is 12.8. The second-order valence-electron chi connectivity index (χ2n) is 8.45. The Morgan fingerprint density at radius 3 is 2.14 bits per heavy atom. The summed E-state index contributed by atoms with van der Waals surface area (Å²) in [4.78, 5) is 11.4. The Hall–Kier alpha value is -1.87. The van der Waals surface area contributed by atoms with Gasteiger partial charge in [-0.1, -0.05) is 48.5 Å². The maximum Gasteiger partial charge on any atom is 0.314 e. The predicted molar refractivity (Wildman–Crippen MR) is 118 cm³/mol. The summed E-state index contributed by atoms with van der Waals surface area (Å²) in [6.45, 7) is 14.7. The molecule has 0 aromatic heterocycles. The van der Waals surface area contributed by atoms with E-state index in [-0.39, 0.29) is 17.2 Å². The number of nitrogens with one attached hydrogen (secondary N) is 1. The molecule has 0 fully saturated rings. The van der Waals surface area contributed by atoms with E-state index in [9.17, 15) is 18.3 Å². The van der Waals surface area contributed by atoms with E-state index in [1.54, 1.807) is 19.1 Å². The summed E-state index contributed by atoms with van der Waals surface area (Å²) in [5.74, 6) is -1.66. The fourth-order valence-electron chi connectivity index (χ4n) is 4.42. The van der Waals surface area contributed by atoms with Crippen molar-refractivity contribution in [1.82, 2.24) is 0 Å². The lowest BCUT2D eigenvalue weighted by Crippen LogP contribution is -2.50. The van der Waals surface area contributed by atoms with Gasteiger partial charge in [-0.2, -0.15) is 8.42 Å². The molecule has 0 bridgehead atoms. The van der Waals surface area contributed by atoms with Crippen LogP contribution in [0.2, 0.25) is 16.6 Å². The first kappa shape index (κ1) is 23.4. The summed E-state index contributed by atoms with van der Waals surface area (Å²) in [7, 11) is -6.26. The summed E-state index contributed by atoms with van der Waals surface area (Å²) < 4.78 is 35.9. The summed E-state index contributed by atoms with van der Waals surface area (Å²) in [6, 6.07) is 4.89. The molecular weight excluding hydrogens is 408 g/mol. The molecule has 1 aliphatic rings. The van der Waals surface area contributed by atoms with Gasteiger partial charge in [0.15, 0.2) is 0 Å². The van der Waals surface area contributed by atoms with Crippen molar-refractivity contribution in [3.8, 4) is 5.75 Å². The zero-order valence-corrected chi connectivity index (χ0v) is 20.0. The number of anilines is 1. The molecule has 0 saturated heterocycles. The van der Waals surface area contributed by atoms with Gasteiger partial charge < -0.3 is 14.8 Å². The van der Waals surface area contributed by atoms with Crippen LogP contribution in [-0.2, 0) is 14.8 Å². The average Bonchev–Trinajstić information content (AvgIpc) is 2.58. The largest absolute Gasteiger partial charge is 0.543 e. The minimum Gasteiger partial charge on any atom is -0.543 e. The van der Waals surface area contributed by atoms with Crippen LogP contribution in [0, 0.1) is 5.92 Å². The molecule has 2 rings (SSSR count). The molecule has 0 aliphatic carbocycles. The quantitative estimate of drug-likeness (QED) is 0.559. The highest BCUT2D eigenvalue weighted by atomic mass is 32.2. The van der Waals surface area contributed by atoms with Gasteiger partial charge in [-0.3, -0.25) is 4.79 Å². The molecule has 9 heteroatoms. The molecular formula is C20H32N2O5SSi. The number of hydrogen-bond acceptors (Lipinski definition) is 5. The Labute approximate surface area is 174 Å². The van der Waals surface area contributed by atoms with E-state index in [0.717, 1.165) is 0 Å². The number of nitrogens with zero attached hydrogens (tertiary/aromatic N) is 1. The molecule has 0 saturated carbocycles. The fraction of sp³-hybridized carbons (Fsp3) is 0.600. The Morgan fingerprint density at radius 1 is 1.14 bits per heavy atom. The van der Waals surface area contributed by atoms with Gasteiger partial charge in [-0.25, -0.2) is 0 Å². The number of carboxylic acids is 1. The van der Waals surface area contributed by atoms with Crippen LogP contribution in [0.25, 0.3) is 0 Å². The molecule has 1 aliphatic heterocycles. The van der Waals surface area contributed by atoms with Gasteiger partial charge in [0.1, 0.15) is 22.4 Å². The van der Waals surface area contributed by atoms with Crippen molar-refractivity contribution < 1.29 is 22.7 Å². The summed E-state index contributed by atoms with van der Waals surface area (Å²) in [5, 5.41) is 12.2. The standard InChI is InChI=1S/C20H32N2O5SSi/c1-8-16(20(23)24)19-21-17-10-9-15(11-18(17)28(25,26)22-19)27-29(12(2)3,13(4)5)14(6)7/h9-14,16H,8H2,1-7H3,(H,21,22)(H,23,24). The lowest BCUT2D eigenvalue weighted by Gasteiger charge is -2.42. The third-order valence-corrected chi connectivity index (χ3v) is 13.1. The van der Waals surface area contributed by atoms with Crippen molar-refractivity contribution in [2.24, 2.45) is 10.3 Å². The van der Waals surface area contributed by atoms with Crippen molar-refractivity contribution in [1.29, 1.82) is 0 Å². The molecule has 162 valence electrons. The molecule has 29 heavy (non-hydrogen) atoms. The van der Waals surface area contributed by atoms with Crippen molar-refractivity contribution in [2.75, 3.05) is 5.32 Å². The third-order valence-electron chi connectivity index (χ3n) is 5.75. The minimum absolute atomic E-state index is 0.0122. The molecule has 0 amide bonds. The van der Waals surface area contributed by atoms with Crippen molar-refractivity contribution in [3.05, 3.63) is 18.2 Å². The van der Waals surface area contributed by atoms with Crippen LogP contribution in [0.1, 0.15) is 54.9 Å². The van der Waals surface area contributed by atoms with Crippen LogP contribution in [0.15, 0.2) is 27.5 Å². The van der Waals surface area contributed by atoms with Gasteiger partial charge in [0.05, 0.1) is 5.69 Å². The lowest BCUT2D eigenvalue weighted by molar-refractivity contribution is -0.139. The van der Waals surface area contributed by atoms with Gasteiger partial charge in [0, 0.05) is 6.07 Å². The molecule has 1 heterocycles. The first-order valence-corrected chi connectivity index (χ1v) is 13.6. The van der Waals surface area contributed by atoms with Crippen molar-refractivity contribution in [2.45, 2.75) is 76.4 Å². The number of aliphatic carboxylic acids is 1. The zero-order valence-electron chi connectivity index (χ0n) is 18.2. The van der Waals surface area contributed by atoms with Crippen LogP contribution in [-0.4, -0.2) is 33.6 Å². The van der Waals surface area contributed by atoms with Crippen LogP contribution in [0.3, 0.4) is 0 Å². The Bertz CT molecular complexity index is 888. The number of hydrogen-bond donors (Lipinski definition) is 2. The van der Waals surface area contributed by atoms with Gasteiger partial charge in [-0.15, -0.1) is 4.40 Å². The highest BCUT2D eigenvalue weighted by Crippen LogP contribution is 2.43. The van der Waals surface area contributed by atoms with Gasteiger partial charge >= 0.3 is 5.97 Å². The number of amidine groups is 1. The minimum atomic E-state index is -4.02. The van der Waals surface area contributed by atoms with E-state index in [2.05, 4.69) is 51.3 Å². The fourth-order valence-corrected chi connectivity index (χ4v) is 10.9. The van der Waals surface area contributed by atoms with Crippen molar-refractivity contribution in [3.63, 3.8) is 0 Å². The van der Waals surface area contributed by atoms with Crippen LogP contribution in [0.4, 0.5) is 5.69 Å². The van der Waals surface area contributed by atoms with Gasteiger partial charge in [0.25, 0.3) is 18.3 Å². The van der Waals surface area contributed by atoms with Crippen LogP contribution < -0.4 is 9.74 Å². The van der Waals surface area contributed by atoms with Gasteiger partial charge in [-0.05, 0) is 35.2 Å². The molecule has 7 nitrogen and oxygen atoms in total. The number of carbonyl (C=O) groups is 1. The van der Waals surface area contributed by atoms with Gasteiger partial charge in [0.2, 0.25) is 0 Å². The topological polar surface area (TPSA) is 105 Å². The van der Waals surface area contributed by atoms with E-state index in [1.807, 2.05) is 0 Å². The summed E-state index contributed by atoms with van der Waals surface area (Å²) in [6.07, 6.45) is 0.235. The monoisotopic (exact) mass is 440 g/mol. The first-order valence-electron chi connectivity index (χ1n) is 10.0. The second kappa shape index (κ2) is 8.47. The Kier molecular flexibility index (Phi) is 6.84. The SMILES string of the molecule is CCC(C(=O)O)C1=NS(=O)(=O)c2cc(O[Si](C(C)C)(C(C)C)C(C)C)ccc2N1. The molecule has 2 N–H and O–H groups in total. The second-order valence-corrected chi connectivity index (χ2v) is 15.4. The number of carboxylic acid groups (broad SMARTS) is 1. The molecule has 1 atom stereocenters. The smallest absolute Gasteiger partial charge is 0.314 e.